The molecule has 1 aromatic heterocycles. The van der Waals surface area contributed by atoms with Gasteiger partial charge in [0.05, 0.1) is 6.61 Å². The molecule has 2 aromatic rings. The molecule has 0 unspecified atom stereocenters. The third kappa shape index (κ3) is 3.38. The number of hydrogen-bond donors (Lipinski definition) is 0. The number of hydrogen-bond acceptors (Lipinski definition) is 4. The molecule has 1 aliphatic rings. The summed E-state index contributed by atoms with van der Waals surface area (Å²) in [6, 6.07) is 11.0. The van der Waals surface area contributed by atoms with Crippen LogP contribution in [0.5, 0.6) is 0 Å². The molecule has 0 saturated carbocycles. The highest BCUT2D eigenvalue weighted by Gasteiger charge is 2.17. The minimum atomic E-state index is 0.844. The SMILES string of the molecule is COCCN1CCN(Cc2cc3ccccc3s2)CC1. The highest BCUT2D eigenvalue weighted by Crippen LogP contribution is 2.26. The van der Waals surface area contributed by atoms with E-state index in [1.165, 1.54) is 15.0 Å². The molecule has 3 nitrogen and oxygen atoms in total. The van der Waals surface area contributed by atoms with E-state index in [4.69, 9.17) is 4.74 Å². The van der Waals surface area contributed by atoms with Crippen LogP contribution in [-0.4, -0.2) is 56.2 Å². The molecule has 0 spiro atoms. The number of thiophene rings is 1. The van der Waals surface area contributed by atoms with Gasteiger partial charge in [0.2, 0.25) is 0 Å². The molecule has 0 atom stereocenters. The summed E-state index contributed by atoms with van der Waals surface area (Å²) in [6.45, 7) is 7.65. The summed E-state index contributed by atoms with van der Waals surface area (Å²) in [5, 5.41) is 1.38. The summed E-state index contributed by atoms with van der Waals surface area (Å²) in [5.74, 6) is 0. The zero-order valence-corrected chi connectivity index (χ0v) is 12.9. The van der Waals surface area contributed by atoms with Crippen LogP contribution in [0.3, 0.4) is 0 Å². The predicted octanol–water partition coefficient (Wildman–Crippen LogP) is 2.67. The van der Waals surface area contributed by atoms with Crippen LogP contribution >= 0.6 is 11.3 Å². The molecule has 20 heavy (non-hydrogen) atoms. The van der Waals surface area contributed by atoms with E-state index in [9.17, 15) is 0 Å². The fourth-order valence-corrected chi connectivity index (χ4v) is 3.83. The summed E-state index contributed by atoms with van der Waals surface area (Å²) in [5.41, 5.74) is 0. The molecule has 0 N–H and O–H groups in total. The summed E-state index contributed by atoms with van der Waals surface area (Å²) in [7, 11) is 1.78. The van der Waals surface area contributed by atoms with Crippen molar-refractivity contribution in [3.8, 4) is 0 Å². The summed E-state index contributed by atoms with van der Waals surface area (Å²) >= 11 is 1.93. The van der Waals surface area contributed by atoms with Crippen LogP contribution in [0, 0.1) is 0 Å². The van der Waals surface area contributed by atoms with Crippen molar-refractivity contribution in [1.29, 1.82) is 0 Å². The van der Waals surface area contributed by atoms with Crippen molar-refractivity contribution in [3.63, 3.8) is 0 Å². The van der Waals surface area contributed by atoms with Gasteiger partial charge < -0.3 is 4.74 Å². The van der Waals surface area contributed by atoms with E-state index in [0.29, 0.717) is 0 Å². The van der Waals surface area contributed by atoms with Crippen LogP contribution in [0.1, 0.15) is 4.88 Å². The largest absolute Gasteiger partial charge is 0.383 e. The minimum Gasteiger partial charge on any atom is -0.383 e. The molecule has 1 aromatic carbocycles. The number of methoxy groups -OCH3 is 1. The molecule has 0 bridgehead atoms. The maximum Gasteiger partial charge on any atom is 0.0589 e. The third-order valence-electron chi connectivity index (χ3n) is 3.93. The predicted molar refractivity (Wildman–Crippen MR) is 85.4 cm³/mol. The lowest BCUT2D eigenvalue weighted by Crippen LogP contribution is -2.46. The molecule has 0 aliphatic carbocycles. The molecule has 0 amide bonds. The second-order valence-electron chi connectivity index (χ2n) is 5.36. The maximum absolute atomic E-state index is 5.15. The van der Waals surface area contributed by atoms with E-state index in [-0.39, 0.29) is 0 Å². The van der Waals surface area contributed by atoms with Gasteiger partial charge in [-0.2, -0.15) is 0 Å². The normalized spacial score (nSPS) is 17.9. The minimum absolute atomic E-state index is 0.844. The van der Waals surface area contributed by atoms with E-state index < -0.39 is 0 Å². The summed E-state index contributed by atoms with van der Waals surface area (Å²) in [4.78, 5) is 6.54. The zero-order valence-electron chi connectivity index (χ0n) is 12.0. The summed E-state index contributed by atoms with van der Waals surface area (Å²) < 4.78 is 6.55. The Bertz CT molecular complexity index is 513. The van der Waals surface area contributed by atoms with Gasteiger partial charge in [0.1, 0.15) is 0 Å². The number of ether oxygens (including phenoxy) is 1. The summed E-state index contributed by atoms with van der Waals surface area (Å²) in [6.07, 6.45) is 0. The first-order valence-corrected chi connectivity index (χ1v) is 8.08. The molecule has 108 valence electrons. The van der Waals surface area contributed by atoms with Gasteiger partial charge in [-0.05, 0) is 17.5 Å². The fourth-order valence-electron chi connectivity index (χ4n) is 2.73. The molecule has 1 saturated heterocycles. The first-order chi connectivity index (χ1) is 9.85. The van der Waals surface area contributed by atoms with Gasteiger partial charge in [-0.15, -0.1) is 11.3 Å². The fraction of sp³-hybridized carbons (Fsp3) is 0.500. The van der Waals surface area contributed by atoms with Crippen molar-refractivity contribution < 1.29 is 4.74 Å². The van der Waals surface area contributed by atoms with Crippen LogP contribution in [0.2, 0.25) is 0 Å². The van der Waals surface area contributed by atoms with Crippen molar-refractivity contribution in [2.75, 3.05) is 46.4 Å². The lowest BCUT2D eigenvalue weighted by atomic mass is 10.2. The zero-order chi connectivity index (χ0) is 13.8. The molecule has 4 heteroatoms. The van der Waals surface area contributed by atoms with E-state index in [2.05, 4.69) is 40.1 Å². The molecule has 0 radical (unpaired) electrons. The van der Waals surface area contributed by atoms with Crippen LogP contribution < -0.4 is 0 Å². The van der Waals surface area contributed by atoms with Crippen molar-refractivity contribution in [2.45, 2.75) is 6.54 Å². The molecular weight excluding hydrogens is 268 g/mol. The van der Waals surface area contributed by atoms with E-state index in [1.807, 2.05) is 11.3 Å². The van der Waals surface area contributed by atoms with Crippen LogP contribution in [0.25, 0.3) is 10.1 Å². The third-order valence-corrected chi connectivity index (χ3v) is 5.03. The Hall–Kier alpha value is -0.940. The lowest BCUT2D eigenvalue weighted by Gasteiger charge is -2.34. The van der Waals surface area contributed by atoms with Crippen molar-refractivity contribution in [1.82, 2.24) is 9.80 Å². The standard InChI is InChI=1S/C16H22N2OS/c1-19-11-10-17-6-8-18(9-7-17)13-15-12-14-4-2-3-5-16(14)20-15/h2-5,12H,6-11,13H2,1H3. The smallest absolute Gasteiger partial charge is 0.0589 e. The van der Waals surface area contributed by atoms with Crippen LogP contribution in [0.4, 0.5) is 0 Å². The molecule has 1 fully saturated rings. The Morgan fingerprint density at radius 3 is 2.60 bits per heavy atom. The van der Waals surface area contributed by atoms with E-state index >= 15 is 0 Å². The molecule has 3 rings (SSSR count). The maximum atomic E-state index is 5.15. The number of benzene rings is 1. The van der Waals surface area contributed by atoms with Crippen molar-refractivity contribution in [3.05, 3.63) is 35.2 Å². The van der Waals surface area contributed by atoms with Crippen molar-refractivity contribution in [2.24, 2.45) is 0 Å². The molecule has 2 heterocycles. The Morgan fingerprint density at radius 1 is 1.10 bits per heavy atom. The highest BCUT2D eigenvalue weighted by molar-refractivity contribution is 7.19. The number of nitrogens with zero attached hydrogens (tertiary/aromatic N) is 2. The molecule has 1 aliphatic heterocycles. The molecular formula is C16H22N2OS. The van der Waals surface area contributed by atoms with Crippen LogP contribution in [0.15, 0.2) is 30.3 Å². The Kier molecular flexibility index (Phi) is 4.68. The Morgan fingerprint density at radius 2 is 1.85 bits per heavy atom. The van der Waals surface area contributed by atoms with Gasteiger partial charge in [0.15, 0.2) is 0 Å². The van der Waals surface area contributed by atoms with Gasteiger partial charge >= 0.3 is 0 Å². The second-order valence-corrected chi connectivity index (χ2v) is 6.53. The first-order valence-electron chi connectivity index (χ1n) is 7.26. The second kappa shape index (κ2) is 6.68. The van der Waals surface area contributed by atoms with Gasteiger partial charge in [0.25, 0.3) is 0 Å². The number of rotatable bonds is 5. The topological polar surface area (TPSA) is 15.7 Å². The highest BCUT2D eigenvalue weighted by atomic mass is 32.1. The average Bonchev–Trinajstić information content (AvgIpc) is 2.89. The van der Waals surface area contributed by atoms with Gasteiger partial charge in [-0.1, -0.05) is 18.2 Å². The lowest BCUT2D eigenvalue weighted by molar-refractivity contribution is 0.0943. The van der Waals surface area contributed by atoms with Crippen LogP contribution in [-0.2, 0) is 11.3 Å². The van der Waals surface area contributed by atoms with Crippen molar-refractivity contribution >= 4 is 21.4 Å². The van der Waals surface area contributed by atoms with E-state index in [0.717, 1.165) is 45.9 Å². The monoisotopic (exact) mass is 290 g/mol. The van der Waals surface area contributed by atoms with Gasteiger partial charge in [0, 0.05) is 56.0 Å². The Balaban J connectivity index is 1.54. The number of fused-ring (bicyclic) bond motifs is 1. The first kappa shape index (κ1) is 14.0. The van der Waals surface area contributed by atoms with Gasteiger partial charge in [-0.3, -0.25) is 9.80 Å². The average molecular weight is 290 g/mol. The number of piperazine rings is 1. The van der Waals surface area contributed by atoms with E-state index in [1.54, 1.807) is 7.11 Å². The quantitative estimate of drug-likeness (QED) is 0.842. The van der Waals surface area contributed by atoms with Gasteiger partial charge in [-0.25, -0.2) is 0 Å². The Labute approximate surface area is 124 Å².